The van der Waals surface area contributed by atoms with Gasteiger partial charge in [0.2, 0.25) is 0 Å². The van der Waals surface area contributed by atoms with Crippen molar-refractivity contribution in [2.75, 3.05) is 12.3 Å². The quantitative estimate of drug-likeness (QED) is 0.537. The number of nitrogen functional groups attached to an aromatic ring is 1. The van der Waals surface area contributed by atoms with E-state index in [1.165, 1.54) is 18.2 Å². The van der Waals surface area contributed by atoms with E-state index < -0.39 is 18.0 Å². The van der Waals surface area contributed by atoms with Crippen LogP contribution in [0, 0.1) is 5.82 Å². The lowest BCUT2D eigenvalue weighted by atomic mass is 10.0. The third kappa shape index (κ3) is 2.65. The Bertz CT molecular complexity index is 333. The molecule has 5 heteroatoms. The molecule has 0 aromatic heterocycles. The molecule has 0 aliphatic rings. The van der Waals surface area contributed by atoms with E-state index in [-0.39, 0.29) is 24.2 Å². The minimum Gasteiger partial charge on any atom is -0.396 e. The molecule has 4 nitrogen and oxygen atoms in total. The lowest BCUT2D eigenvalue weighted by Gasteiger charge is -2.19. The van der Waals surface area contributed by atoms with E-state index in [0.717, 1.165) is 0 Å². The van der Waals surface area contributed by atoms with Crippen LogP contribution in [-0.2, 0) is 0 Å². The van der Waals surface area contributed by atoms with E-state index in [0.29, 0.717) is 0 Å². The van der Waals surface area contributed by atoms with Crippen LogP contribution < -0.4 is 11.5 Å². The van der Waals surface area contributed by atoms with Crippen LogP contribution in [0.3, 0.4) is 0 Å². The average Bonchev–Trinajstić information content (AvgIpc) is 2.21. The number of nitrogens with two attached hydrogens (primary N) is 2. The van der Waals surface area contributed by atoms with Gasteiger partial charge in [-0.05, 0) is 19.0 Å². The minimum absolute atomic E-state index is 0.138. The second-order valence-electron chi connectivity index (χ2n) is 3.33. The Morgan fingerprint density at radius 3 is 2.60 bits per heavy atom. The van der Waals surface area contributed by atoms with Crippen molar-refractivity contribution >= 4 is 5.69 Å². The highest BCUT2D eigenvalue weighted by Gasteiger charge is 2.20. The van der Waals surface area contributed by atoms with Crippen LogP contribution >= 0.6 is 0 Å². The lowest BCUT2D eigenvalue weighted by Crippen LogP contribution is -2.22. The lowest BCUT2D eigenvalue weighted by molar-refractivity contribution is 0.0153. The minimum atomic E-state index is -1.20. The molecule has 1 rings (SSSR count). The number of halogens is 1. The number of aliphatic hydroxyl groups is 2. The second-order valence-corrected chi connectivity index (χ2v) is 3.33. The molecule has 0 fully saturated rings. The summed E-state index contributed by atoms with van der Waals surface area (Å²) in [6.07, 6.45) is -2.00. The first-order valence-corrected chi connectivity index (χ1v) is 4.68. The van der Waals surface area contributed by atoms with Crippen LogP contribution in [0.5, 0.6) is 0 Å². The smallest absolute Gasteiger partial charge is 0.146 e. The number of benzene rings is 1. The molecule has 0 aliphatic heterocycles. The molecule has 0 saturated heterocycles. The van der Waals surface area contributed by atoms with Crippen molar-refractivity contribution < 1.29 is 14.6 Å². The van der Waals surface area contributed by atoms with Crippen molar-refractivity contribution in [2.24, 2.45) is 5.73 Å². The van der Waals surface area contributed by atoms with Gasteiger partial charge in [0.15, 0.2) is 0 Å². The highest BCUT2D eigenvalue weighted by molar-refractivity contribution is 5.49. The van der Waals surface area contributed by atoms with Crippen LogP contribution in [0.15, 0.2) is 18.2 Å². The third-order valence-corrected chi connectivity index (χ3v) is 2.23. The molecular weight excluding hydrogens is 199 g/mol. The molecular formula is C10H15FN2O2. The summed E-state index contributed by atoms with van der Waals surface area (Å²) in [7, 11) is 0. The fraction of sp³-hybridized carbons (Fsp3) is 0.400. The van der Waals surface area contributed by atoms with Gasteiger partial charge >= 0.3 is 0 Å². The van der Waals surface area contributed by atoms with E-state index >= 15 is 0 Å². The summed E-state index contributed by atoms with van der Waals surface area (Å²) in [6, 6.07) is 4.10. The maximum absolute atomic E-state index is 13.0. The van der Waals surface area contributed by atoms with E-state index in [2.05, 4.69) is 0 Å². The zero-order chi connectivity index (χ0) is 11.4. The third-order valence-electron chi connectivity index (χ3n) is 2.23. The SMILES string of the molecule is NCCC(O)C(O)c1cccc(F)c1N. The first-order chi connectivity index (χ1) is 7.07. The van der Waals surface area contributed by atoms with Crippen LogP contribution in [0.1, 0.15) is 18.1 Å². The monoisotopic (exact) mass is 214 g/mol. The normalized spacial score (nSPS) is 14.9. The molecule has 0 aliphatic carbocycles. The van der Waals surface area contributed by atoms with Crippen LogP contribution in [-0.4, -0.2) is 22.9 Å². The fourth-order valence-corrected chi connectivity index (χ4v) is 1.35. The van der Waals surface area contributed by atoms with Crippen molar-refractivity contribution in [1.82, 2.24) is 0 Å². The largest absolute Gasteiger partial charge is 0.396 e. The second kappa shape index (κ2) is 5.06. The molecule has 2 atom stereocenters. The number of hydrogen-bond acceptors (Lipinski definition) is 4. The molecule has 1 aromatic carbocycles. The van der Waals surface area contributed by atoms with Gasteiger partial charge in [0.25, 0.3) is 0 Å². The Hall–Kier alpha value is -1.17. The first-order valence-electron chi connectivity index (χ1n) is 4.68. The number of hydrogen-bond donors (Lipinski definition) is 4. The highest BCUT2D eigenvalue weighted by atomic mass is 19.1. The molecule has 2 unspecified atom stereocenters. The van der Waals surface area contributed by atoms with Gasteiger partial charge in [-0.2, -0.15) is 0 Å². The number of aliphatic hydroxyl groups excluding tert-OH is 2. The van der Waals surface area contributed by atoms with Gasteiger partial charge in [-0.3, -0.25) is 0 Å². The van der Waals surface area contributed by atoms with Gasteiger partial charge in [0.1, 0.15) is 11.9 Å². The van der Waals surface area contributed by atoms with Gasteiger partial charge in [0, 0.05) is 5.56 Å². The van der Waals surface area contributed by atoms with Crippen molar-refractivity contribution in [3.63, 3.8) is 0 Å². The summed E-state index contributed by atoms with van der Waals surface area (Å²) in [6.45, 7) is 0.243. The standard InChI is InChI=1S/C10H15FN2O2/c11-7-3-1-2-6(9(7)13)10(15)8(14)4-5-12/h1-3,8,10,14-15H,4-5,12-13H2. The van der Waals surface area contributed by atoms with E-state index in [1.54, 1.807) is 0 Å². The van der Waals surface area contributed by atoms with Gasteiger partial charge in [0.05, 0.1) is 11.8 Å². The Labute approximate surface area is 87.3 Å². The number of anilines is 1. The molecule has 15 heavy (non-hydrogen) atoms. The summed E-state index contributed by atoms with van der Waals surface area (Å²) in [5.41, 5.74) is 10.7. The number of para-hydroxylation sites is 1. The Balaban J connectivity index is 2.90. The van der Waals surface area contributed by atoms with Gasteiger partial charge in [-0.15, -0.1) is 0 Å². The van der Waals surface area contributed by atoms with Gasteiger partial charge in [-0.25, -0.2) is 4.39 Å². The Kier molecular flexibility index (Phi) is 4.02. The van der Waals surface area contributed by atoms with Crippen molar-refractivity contribution in [3.05, 3.63) is 29.6 Å². The highest BCUT2D eigenvalue weighted by Crippen LogP contribution is 2.26. The first kappa shape index (κ1) is 11.9. The van der Waals surface area contributed by atoms with Crippen LogP contribution in [0.4, 0.5) is 10.1 Å². The van der Waals surface area contributed by atoms with Crippen molar-refractivity contribution in [3.8, 4) is 0 Å². The number of rotatable bonds is 4. The van der Waals surface area contributed by atoms with Crippen LogP contribution in [0.25, 0.3) is 0 Å². The molecule has 84 valence electrons. The maximum Gasteiger partial charge on any atom is 0.146 e. The van der Waals surface area contributed by atoms with Crippen molar-refractivity contribution in [1.29, 1.82) is 0 Å². The Morgan fingerprint density at radius 2 is 2.00 bits per heavy atom. The molecule has 0 radical (unpaired) electrons. The fourth-order valence-electron chi connectivity index (χ4n) is 1.35. The summed E-state index contributed by atoms with van der Waals surface area (Å²) in [5.74, 6) is -0.605. The van der Waals surface area contributed by atoms with Crippen LogP contribution in [0.2, 0.25) is 0 Å². The molecule has 0 amide bonds. The van der Waals surface area contributed by atoms with Gasteiger partial charge < -0.3 is 21.7 Å². The summed E-state index contributed by atoms with van der Waals surface area (Å²) in [4.78, 5) is 0. The van der Waals surface area contributed by atoms with Gasteiger partial charge in [-0.1, -0.05) is 12.1 Å². The zero-order valence-corrected chi connectivity index (χ0v) is 8.23. The summed E-state index contributed by atoms with van der Waals surface area (Å²) >= 11 is 0. The predicted molar refractivity (Wildman–Crippen MR) is 55.5 cm³/mol. The molecule has 6 N–H and O–H groups in total. The predicted octanol–water partition coefficient (Wildman–Crippen LogP) is 0.151. The average molecular weight is 214 g/mol. The topological polar surface area (TPSA) is 92.5 Å². The molecule has 0 spiro atoms. The van der Waals surface area contributed by atoms with E-state index in [4.69, 9.17) is 11.5 Å². The molecule has 0 heterocycles. The molecule has 0 bridgehead atoms. The van der Waals surface area contributed by atoms with E-state index in [1.807, 2.05) is 0 Å². The van der Waals surface area contributed by atoms with Crippen molar-refractivity contribution in [2.45, 2.75) is 18.6 Å². The Morgan fingerprint density at radius 1 is 1.33 bits per heavy atom. The zero-order valence-electron chi connectivity index (χ0n) is 8.23. The molecule has 0 saturated carbocycles. The maximum atomic E-state index is 13.0. The summed E-state index contributed by atoms with van der Waals surface area (Å²) in [5, 5.41) is 19.2. The molecule has 1 aromatic rings. The summed E-state index contributed by atoms with van der Waals surface area (Å²) < 4.78 is 13.0. The van der Waals surface area contributed by atoms with E-state index in [9.17, 15) is 14.6 Å².